The maximum atomic E-state index is 13.3. The minimum atomic E-state index is -4.24. The quantitative estimate of drug-likeness (QED) is 0.563. The van der Waals surface area contributed by atoms with Gasteiger partial charge in [0.1, 0.15) is 24.0 Å². The van der Waals surface area contributed by atoms with Crippen LogP contribution in [0.3, 0.4) is 0 Å². The minimum absolute atomic E-state index is 0.0479. The molecule has 138 valence electrons. The third kappa shape index (κ3) is 4.56. The fourth-order valence-electron chi connectivity index (χ4n) is 2.39. The van der Waals surface area contributed by atoms with Crippen LogP contribution in [-0.4, -0.2) is 36.3 Å². The molecule has 0 unspecified atom stereocenters. The molecular weight excluding hydrogens is 351 g/mol. The Morgan fingerprint density at radius 2 is 2.08 bits per heavy atom. The third-order valence-electron chi connectivity index (χ3n) is 3.45. The first-order valence-corrected chi connectivity index (χ1v) is 9.11. The Morgan fingerprint density at radius 3 is 2.68 bits per heavy atom. The molecule has 1 N–H and O–H groups in total. The molecule has 0 saturated heterocycles. The number of aliphatic hydroxyl groups is 1. The molecule has 1 heterocycles. The number of imidazole rings is 1. The molecule has 2 rings (SSSR count). The second-order valence-corrected chi connectivity index (χ2v) is 7.16. The Labute approximate surface area is 146 Å². The van der Waals surface area contributed by atoms with Crippen LogP contribution in [0.1, 0.15) is 31.3 Å². The molecule has 0 bridgehead atoms. The first kappa shape index (κ1) is 19.4. The molecule has 2 aromatic rings. The van der Waals surface area contributed by atoms with Crippen LogP contribution in [0.15, 0.2) is 29.3 Å². The van der Waals surface area contributed by atoms with Gasteiger partial charge in [0.05, 0.1) is 18.9 Å². The maximum Gasteiger partial charge on any atom is 0.358 e. The van der Waals surface area contributed by atoms with E-state index in [4.69, 9.17) is 14.0 Å². The first-order valence-electron chi connectivity index (χ1n) is 7.70. The summed E-state index contributed by atoms with van der Waals surface area (Å²) in [7, 11) is -2.56. The van der Waals surface area contributed by atoms with Gasteiger partial charge < -0.3 is 18.6 Å². The van der Waals surface area contributed by atoms with Gasteiger partial charge in [-0.05, 0) is 18.1 Å². The fraction of sp³-hybridized carbons (Fsp3) is 0.438. The molecule has 0 atom stereocenters. The molecular formula is C16H21FN2O5S. The number of benzene rings is 1. The zero-order chi connectivity index (χ0) is 18.6. The van der Waals surface area contributed by atoms with E-state index in [1.54, 1.807) is 11.6 Å². The molecule has 9 heteroatoms. The monoisotopic (exact) mass is 372 g/mol. The summed E-state index contributed by atoms with van der Waals surface area (Å²) in [6.07, 6.45) is 0. The largest absolute Gasteiger partial charge is 0.394 e. The van der Waals surface area contributed by atoms with Crippen molar-refractivity contribution < 1.29 is 26.8 Å². The highest BCUT2D eigenvalue weighted by Gasteiger charge is 2.29. The van der Waals surface area contributed by atoms with Crippen molar-refractivity contribution in [2.24, 2.45) is 7.05 Å². The Kier molecular flexibility index (Phi) is 6.15. The van der Waals surface area contributed by atoms with Gasteiger partial charge in [-0.1, -0.05) is 19.9 Å². The van der Waals surface area contributed by atoms with Gasteiger partial charge in [-0.15, -0.1) is 0 Å². The zero-order valence-electron chi connectivity index (χ0n) is 14.3. The minimum Gasteiger partial charge on any atom is -0.394 e. The van der Waals surface area contributed by atoms with Crippen LogP contribution in [0.2, 0.25) is 0 Å². The van der Waals surface area contributed by atoms with Gasteiger partial charge in [-0.3, -0.25) is 0 Å². The fourth-order valence-corrected chi connectivity index (χ4v) is 3.67. The summed E-state index contributed by atoms with van der Waals surface area (Å²) in [5.74, 6) is -0.488. The Hall–Kier alpha value is -1.97. The summed E-state index contributed by atoms with van der Waals surface area (Å²) >= 11 is 0. The molecule has 0 aliphatic heterocycles. The summed E-state index contributed by atoms with van der Waals surface area (Å²) in [6.45, 7) is 3.68. The predicted octanol–water partition coefficient (Wildman–Crippen LogP) is 1.96. The lowest BCUT2D eigenvalue weighted by Crippen LogP contribution is -2.14. The number of rotatable bonds is 8. The van der Waals surface area contributed by atoms with Crippen molar-refractivity contribution >= 4 is 10.1 Å². The molecule has 1 aromatic heterocycles. The molecule has 0 saturated carbocycles. The number of aliphatic hydroxyl groups excluding tert-OH is 1. The molecule has 0 spiro atoms. The van der Waals surface area contributed by atoms with Crippen LogP contribution in [0.4, 0.5) is 4.39 Å². The first-order chi connectivity index (χ1) is 11.8. The molecule has 7 nitrogen and oxygen atoms in total. The number of nitrogens with zero attached hydrogens (tertiary/aromatic N) is 2. The van der Waals surface area contributed by atoms with Crippen molar-refractivity contribution in [3.8, 4) is 5.75 Å². The highest BCUT2D eigenvalue weighted by molar-refractivity contribution is 7.87. The van der Waals surface area contributed by atoms with Gasteiger partial charge in [-0.2, -0.15) is 8.42 Å². The Balaban J connectivity index is 2.39. The smallest absolute Gasteiger partial charge is 0.358 e. The number of halogens is 1. The molecule has 1 aromatic carbocycles. The SMILES string of the molecule is CC(C)c1c(S(=O)(=O)Oc2cccc(F)c2)nc(COCCO)n1C. The van der Waals surface area contributed by atoms with E-state index in [1.165, 1.54) is 18.2 Å². The Morgan fingerprint density at radius 1 is 1.36 bits per heavy atom. The van der Waals surface area contributed by atoms with Gasteiger partial charge in [0, 0.05) is 13.1 Å². The third-order valence-corrected chi connectivity index (χ3v) is 4.64. The van der Waals surface area contributed by atoms with Crippen LogP contribution < -0.4 is 4.18 Å². The van der Waals surface area contributed by atoms with E-state index in [2.05, 4.69) is 4.98 Å². The summed E-state index contributed by atoms with van der Waals surface area (Å²) in [6, 6.07) is 4.89. The summed E-state index contributed by atoms with van der Waals surface area (Å²) in [5.41, 5.74) is 0.457. The van der Waals surface area contributed by atoms with E-state index in [1.807, 2.05) is 13.8 Å². The average Bonchev–Trinajstić information content (AvgIpc) is 2.85. The number of hydrogen-bond donors (Lipinski definition) is 1. The predicted molar refractivity (Wildman–Crippen MR) is 88.3 cm³/mol. The second kappa shape index (κ2) is 7.94. The van der Waals surface area contributed by atoms with Crippen molar-refractivity contribution in [1.82, 2.24) is 9.55 Å². The molecule has 0 aliphatic rings. The van der Waals surface area contributed by atoms with Crippen molar-refractivity contribution in [3.05, 3.63) is 41.6 Å². The van der Waals surface area contributed by atoms with Crippen LogP contribution >= 0.6 is 0 Å². The summed E-state index contributed by atoms with van der Waals surface area (Å²) in [4.78, 5) is 4.14. The zero-order valence-corrected chi connectivity index (χ0v) is 15.1. The normalized spacial score (nSPS) is 11.9. The lowest BCUT2D eigenvalue weighted by Gasteiger charge is -2.11. The second-order valence-electron chi connectivity index (χ2n) is 5.70. The molecule has 0 radical (unpaired) electrons. The van der Waals surface area contributed by atoms with Crippen molar-refractivity contribution in [3.63, 3.8) is 0 Å². The van der Waals surface area contributed by atoms with Gasteiger partial charge in [0.2, 0.25) is 5.03 Å². The molecule has 0 aliphatic carbocycles. The highest BCUT2D eigenvalue weighted by Crippen LogP contribution is 2.27. The molecule has 0 fully saturated rings. The van der Waals surface area contributed by atoms with E-state index in [0.717, 1.165) is 6.07 Å². The summed E-state index contributed by atoms with van der Waals surface area (Å²) < 4.78 is 50.4. The van der Waals surface area contributed by atoms with Crippen molar-refractivity contribution in [2.45, 2.75) is 31.4 Å². The lowest BCUT2D eigenvalue weighted by molar-refractivity contribution is 0.0762. The van der Waals surface area contributed by atoms with E-state index >= 15 is 0 Å². The molecule has 0 amide bonds. The number of hydrogen-bond acceptors (Lipinski definition) is 6. The molecule has 25 heavy (non-hydrogen) atoms. The van der Waals surface area contributed by atoms with E-state index in [9.17, 15) is 12.8 Å². The number of ether oxygens (including phenoxy) is 1. The lowest BCUT2D eigenvalue weighted by atomic mass is 10.1. The van der Waals surface area contributed by atoms with Crippen molar-refractivity contribution in [1.29, 1.82) is 0 Å². The maximum absolute atomic E-state index is 13.3. The van der Waals surface area contributed by atoms with Gasteiger partial charge in [0.15, 0.2) is 0 Å². The van der Waals surface area contributed by atoms with Gasteiger partial charge >= 0.3 is 10.1 Å². The number of aromatic nitrogens is 2. The van der Waals surface area contributed by atoms with Crippen LogP contribution in [0, 0.1) is 5.82 Å². The van der Waals surface area contributed by atoms with Crippen molar-refractivity contribution in [2.75, 3.05) is 13.2 Å². The Bertz CT molecular complexity index is 833. The van der Waals surface area contributed by atoms with Crippen LogP contribution in [-0.2, 0) is 28.5 Å². The van der Waals surface area contributed by atoms with Gasteiger partial charge in [0.25, 0.3) is 0 Å². The van der Waals surface area contributed by atoms with E-state index < -0.39 is 15.9 Å². The van der Waals surface area contributed by atoms with Crippen LogP contribution in [0.25, 0.3) is 0 Å². The van der Waals surface area contributed by atoms with E-state index in [-0.39, 0.29) is 36.5 Å². The van der Waals surface area contributed by atoms with E-state index in [0.29, 0.717) is 11.5 Å². The summed E-state index contributed by atoms with van der Waals surface area (Å²) in [5, 5.41) is 8.55. The standard InChI is InChI=1S/C16H21FN2O5S/c1-11(2)15-16(18-14(19(15)3)10-23-8-7-20)25(21,22)24-13-6-4-5-12(17)9-13/h4-6,9,11,20H,7-8,10H2,1-3H3. The van der Waals surface area contributed by atoms with Crippen LogP contribution in [0.5, 0.6) is 5.75 Å². The topological polar surface area (TPSA) is 90.7 Å². The highest BCUT2D eigenvalue weighted by atomic mass is 32.2. The van der Waals surface area contributed by atoms with Gasteiger partial charge in [-0.25, -0.2) is 9.37 Å². The average molecular weight is 372 g/mol.